The Bertz CT molecular complexity index is 518. The second-order valence-electron chi connectivity index (χ2n) is 5.58. The van der Waals surface area contributed by atoms with E-state index in [1.807, 2.05) is 0 Å². The summed E-state index contributed by atoms with van der Waals surface area (Å²) in [6, 6.07) is 5.81. The monoisotopic (exact) mass is 307 g/mol. The minimum absolute atomic E-state index is 0.00982. The van der Waals surface area contributed by atoms with Gasteiger partial charge in [-0.3, -0.25) is 10.1 Å². The van der Waals surface area contributed by atoms with Gasteiger partial charge in [0.1, 0.15) is 0 Å². The maximum atomic E-state index is 11.9. The fraction of sp³-hybridized carbons (Fsp3) is 0.533. The Balaban J connectivity index is 1.80. The number of benzene rings is 1. The first-order chi connectivity index (χ1) is 10.6. The molecule has 3 N–H and O–H groups in total. The lowest BCUT2D eigenvalue weighted by atomic mass is 9.85. The molecule has 2 atom stereocenters. The number of nitrogens with one attached hydrogen (secondary N) is 2. The first kappa shape index (κ1) is 16.2. The molecular formula is C15H21N3O4. The first-order valence-corrected chi connectivity index (χ1v) is 7.48. The van der Waals surface area contributed by atoms with E-state index in [0.29, 0.717) is 6.54 Å². The molecule has 1 aromatic carbocycles. The zero-order chi connectivity index (χ0) is 15.9. The molecule has 7 heteroatoms. The molecule has 1 fully saturated rings. The van der Waals surface area contributed by atoms with E-state index in [1.54, 1.807) is 12.1 Å². The van der Waals surface area contributed by atoms with Crippen molar-refractivity contribution in [2.24, 2.45) is 5.92 Å². The van der Waals surface area contributed by atoms with Crippen LogP contribution in [0.25, 0.3) is 0 Å². The van der Waals surface area contributed by atoms with Crippen molar-refractivity contribution in [1.82, 2.24) is 10.6 Å². The quantitative estimate of drug-likeness (QED) is 0.571. The Morgan fingerprint density at radius 1 is 1.27 bits per heavy atom. The van der Waals surface area contributed by atoms with E-state index in [9.17, 15) is 20.0 Å². The lowest BCUT2D eigenvalue weighted by Gasteiger charge is -2.30. The van der Waals surface area contributed by atoms with Crippen LogP contribution in [0.15, 0.2) is 24.3 Å². The standard InChI is InChI=1S/C15H21N3O4/c19-10-12-3-1-2-4-14(12)17-15(20)16-9-11-5-7-13(8-6-11)18(21)22/h5-8,12,14,19H,1-4,9-10H2,(H2,16,17,20). The molecule has 1 aliphatic carbocycles. The summed E-state index contributed by atoms with van der Waals surface area (Å²) in [6.07, 6.45) is 3.97. The van der Waals surface area contributed by atoms with Crippen molar-refractivity contribution in [2.45, 2.75) is 38.3 Å². The summed E-state index contributed by atoms with van der Waals surface area (Å²) in [7, 11) is 0. The summed E-state index contributed by atoms with van der Waals surface area (Å²) in [5, 5.41) is 25.5. The van der Waals surface area contributed by atoms with E-state index in [-0.39, 0.29) is 30.3 Å². The fourth-order valence-electron chi connectivity index (χ4n) is 2.75. The molecule has 1 aliphatic rings. The molecule has 0 saturated heterocycles. The Labute approximate surface area is 128 Å². The number of nitrogens with zero attached hydrogens (tertiary/aromatic N) is 1. The number of carbonyl (C=O) groups is 1. The summed E-state index contributed by atoms with van der Waals surface area (Å²) < 4.78 is 0. The lowest BCUT2D eigenvalue weighted by molar-refractivity contribution is -0.384. The van der Waals surface area contributed by atoms with Crippen molar-refractivity contribution >= 4 is 11.7 Å². The van der Waals surface area contributed by atoms with Gasteiger partial charge < -0.3 is 15.7 Å². The molecule has 0 radical (unpaired) electrons. The third kappa shape index (κ3) is 4.42. The number of urea groups is 1. The molecule has 0 heterocycles. The summed E-state index contributed by atoms with van der Waals surface area (Å²) >= 11 is 0. The minimum atomic E-state index is -0.456. The highest BCUT2D eigenvalue weighted by Crippen LogP contribution is 2.23. The van der Waals surface area contributed by atoms with Gasteiger partial charge in [0.25, 0.3) is 5.69 Å². The molecule has 22 heavy (non-hydrogen) atoms. The molecule has 2 unspecified atom stereocenters. The van der Waals surface area contributed by atoms with Crippen molar-refractivity contribution in [3.63, 3.8) is 0 Å². The predicted octanol–water partition coefficient (Wildman–Crippen LogP) is 1.95. The number of carbonyl (C=O) groups excluding carboxylic acids is 1. The SMILES string of the molecule is O=C(NCc1ccc([N+](=O)[O-])cc1)NC1CCCCC1CO. The zero-order valence-corrected chi connectivity index (χ0v) is 12.3. The topological polar surface area (TPSA) is 104 Å². The van der Waals surface area contributed by atoms with Gasteiger partial charge in [-0.2, -0.15) is 0 Å². The lowest BCUT2D eigenvalue weighted by Crippen LogP contribution is -2.47. The average molecular weight is 307 g/mol. The average Bonchev–Trinajstić information content (AvgIpc) is 2.54. The van der Waals surface area contributed by atoms with Gasteiger partial charge in [0.2, 0.25) is 0 Å². The van der Waals surface area contributed by atoms with Gasteiger partial charge in [0.15, 0.2) is 0 Å². The van der Waals surface area contributed by atoms with Crippen LogP contribution in [0.1, 0.15) is 31.2 Å². The Morgan fingerprint density at radius 3 is 2.59 bits per heavy atom. The molecule has 7 nitrogen and oxygen atoms in total. The number of nitro groups is 1. The highest BCUT2D eigenvalue weighted by molar-refractivity contribution is 5.74. The van der Waals surface area contributed by atoms with Crippen LogP contribution in [0.2, 0.25) is 0 Å². The zero-order valence-electron chi connectivity index (χ0n) is 12.3. The summed E-state index contributed by atoms with van der Waals surface area (Å²) in [5.74, 6) is 0.124. The molecule has 0 aliphatic heterocycles. The largest absolute Gasteiger partial charge is 0.396 e. The van der Waals surface area contributed by atoms with Gasteiger partial charge >= 0.3 is 6.03 Å². The van der Waals surface area contributed by atoms with Crippen molar-refractivity contribution in [3.05, 3.63) is 39.9 Å². The van der Waals surface area contributed by atoms with Gasteiger partial charge in [-0.05, 0) is 18.4 Å². The number of hydrogen-bond acceptors (Lipinski definition) is 4. The van der Waals surface area contributed by atoms with E-state index in [1.165, 1.54) is 12.1 Å². The molecular weight excluding hydrogens is 286 g/mol. The van der Waals surface area contributed by atoms with E-state index >= 15 is 0 Å². The fourth-order valence-corrected chi connectivity index (χ4v) is 2.75. The molecule has 1 aromatic rings. The molecule has 0 aromatic heterocycles. The maximum absolute atomic E-state index is 11.9. The number of amides is 2. The van der Waals surface area contributed by atoms with Crippen molar-refractivity contribution in [2.75, 3.05) is 6.61 Å². The van der Waals surface area contributed by atoms with Gasteiger partial charge in [-0.15, -0.1) is 0 Å². The Hall–Kier alpha value is -2.15. The Morgan fingerprint density at radius 2 is 1.95 bits per heavy atom. The number of hydrogen-bond donors (Lipinski definition) is 3. The van der Waals surface area contributed by atoms with Crippen molar-refractivity contribution < 1.29 is 14.8 Å². The summed E-state index contributed by atoms with van der Waals surface area (Å²) in [6.45, 7) is 0.396. The van der Waals surface area contributed by atoms with Gasteiger partial charge in [-0.1, -0.05) is 25.0 Å². The molecule has 0 spiro atoms. The molecule has 2 amide bonds. The summed E-state index contributed by atoms with van der Waals surface area (Å²) in [4.78, 5) is 22.0. The van der Waals surface area contributed by atoms with Crippen molar-refractivity contribution in [1.29, 1.82) is 0 Å². The number of nitro benzene ring substituents is 1. The van der Waals surface area contributed by atoms with Crippen LogP contribution in [-0.2, 0) is 6.54 Å². The van der Waals surface area contributed by atoms with E-state index in [0.717, 1.165) is 31.2 Å². The second kappa shape index (κ2) is 7.74. The van der Waals surface area contributed by atoms with Gasteiger partial charge in [-0.25, -0.2) is 4.79 Å². The van der Waals surface area contributed by atoms with Crippen LogP contribution >= 0.6 is 0 Å². The van der Waals surface area contributed by atoms with Crippen molar-refractivity contribution in [3.8, 4) is 0 Å². The number of non-ortho nitro benzene ring substituents is 1. The van der Waals surface area contributed by atoms with E-state index in [4.69, 9.17) is 0 Å². The number of rotatable bonds is 5. The third-order valence-corrected chi connectivity index (χ3v) is 4.06. The second-order valence-corrected chi connectivity index (χ2v) is 5.58. The first-order valence-electron chi connectivity index (χ1n) is 7.48. The highest BCUT2D eigenvalue weighted by Gasteiger charge is 2.25. The number of aliphatic hydroxyl groups is 1. The Kier molecular flexibility index (Phi) is 5.71. The van der Waals surface area contributed by atoms with Crippen LogP contribution in [0, 0.1) is 16.0 Å². The molecule has 2 rings (SSSR count). The maximum Gasteiger partial charge on any atom is 0.315 e. The van der Waals surface area contributed by atoms with Gasteiger partial charge in [0, 0.05) is 37.2 Å². The molecule has 120 valence electrons. The van der Waals surface area contributed by atoms with Crippen LogP contribution in [0.4, 0.5) is 10.5 Å². The van der Waals surface area contributed by atoms with E-state index < -0.39 is 4.92 Å². The smallest absolute Gasteiger partial charge is 0.315 e. The highest BCUT2D eigenvalue weighted by atomic mass is 16.6. The van der Waals surface area contributed by atoms with Crippen LogP contribution in [-0.4, -0.2) is 28.7 Å². The normalized spacial score (nSPS) is 21.1. The minimum Gasteiger partial charge on any atom is -0.396 e. The van der Waals surface area contributed by atoms with Crippen LogP contribution < -0.4 is 10.6 Å². The molecule has 1 saturated carbocycles. The third-order valence-electron chi connectivity index (χ3n) is 4.06. The van der Waals surface area contributed by atoms with Crippen LogP contribution in [0.5, 0.6) is 0 Å². The van der Waals surface area contributed by atoms with Crippen LogP contribution in [0.3, 0.4) is 0 Å². The van der Waals surface area contributed by atoms with E-state index in [2.05, 4.69) is 10.6 Å². The predicted molar refractivity (Wildman–Crippen MR) is 81.3 cm³/mol. The number of aliphatic hydroxyl groups excluding tert-OH is 1. The van der Waals surface area contributed by atoms with Gasteiger partial charge in [0.05, 0.1) is 4.92 Å². The molecule has 0 bridgehead atoms. The summed E-state index contributed by atoms with van der Waals surface area (Å²) in [5.41, 5.74) is 0.823.